The van der Waals surface area contributed by atoms with E-state index in [1.165, 1.54) is 11.3 Å². The number of H-pyrrole nitrogens is 1. The number of hydrogen-bond donors (Lipinski definition) is 2. The molecular formula is C5H9N3OS2. The van der Waals surface area contributed by atoms with Gasteiger partial charge in [0.15, 0.2) is 3.95 Å². The van der Waals surface area contributed by atoms with Gasteiger partial charge in [-0.1, -0.05) is 11.3 Å². The number of nitrogens with one attached hydrogen (secondary N) is 2. The highest BCUT2D eigenvalue weighted by Crippen LogP contribution is 2.09. The molecule has 0 spiro atoms. The highest BCUT2D eigenvalue weighted by molar-refractivity contribution is 7.73. The van der Waals surface area contributed by atoms with Gasteiger partial charge in [-0.25, -0.2) is 0 Å². The molecule has 0 saturated carbocycles. The Hall–Kier alpha value is -0.460. The summed E-state index contributed by atoms with van der Waals surface area (Å²) in [7, 11) is 1.66. The largest absolute Gasteiger partial charge is 0.383 e. The van der Waals surface area contributed by atoms with Crippen LogP contribution in [0, 0.1) is 3.95 Å². The third-order valence-corrected chi connectivity index (χ3v) is 2.07. The Balaban J connectivity index is 2.33. The SMILES string of the molecule is COCCNc1n[nH]c(=S)s1. The molecule has 0 aliphatic rings. The number of aromatic amines is 1. The van der Waals surface area contributed by atoms with Crippen LogP contribution in [0.2, 0.25) is 0 Å². The van der Waals surface area contributed by atoms with Gasteiger partial charge in [0.25, 0.3) is 0 Å². The van der Waals surface area contributed by atoms with Gasteiger partial charge >= 0.3 is 0 Å². The van der Waals surface area contributed by atoms with Gasteiger partial charge in [0, 0.05) is 13.7 Å². The van der Waals surface area contributed by atoms with Gasteiger partial charge in [-0.05, 0) is 12.2 Å². The van der Waals surface area contributed by atoms with Crippen molar-refractivity contribution in [3.63, 3.8) is 0 Å². The fourth-order valence-corrected chi connectivity index (χ4v) is 1.38. The van der Waals surface area contributed by atoms with Crippen LogP contribution in [-0.2, 0) is 4.74 Å². The van der Waals surface area contributed by atoms with Gasteiger partial charge in [-0.3, -0.25) is 5.10 Å². The first-order chi connectivity index (χ1) is 5.33. The van der Waals surface area contributed by atoms with Crippen molar-refractivity contribution < 1.29 is 4.74 Å². The molecule has 1 aromatic rings. The van der Waals surface area contributed by atoms with Gasteiger partial charge in [0.05, 0.1) is 6.61 Å². The molecule has 4 nitrogen and oxygen atoms in total. The van der Waals surface area contributed by atoms with E-state index in [0.29, 0.717) is 10.6 Å². The maximum Gasteiger partial charge on any atom is 0.204 e. The van der Waals surface area contributed by atoms with E-state index in [0.717, 1.165) is 11.7 Å². The van der Waals surface area contributed by atoms with Crippen molar-refractivity contribution in [2.24, 2.45) is 0 Å². The highest BCUT2D eigenvalue weighted by atomic mass is 32.1. The second-order valence-electron chi connectivity index (χ2n) is 1.84. The molecular weight excluding hydrogens is 182 g/mol. The summed E-state index contributed by atoms with van der Waals surface area (Å²) < 4.78 is 5.53. The molecule has 0 aromatic carbocycles. The molecule has 0 aliphatic carbocycles. The molecule has 0 saturated heterocycles. The quantitative estimate of drug-likeness (QED) is 0.555. The Labute approximate surface area is 73.6 Å². The first-order valence-electron chi connectivity index (χ1n) is 3.11. The van der Waals surface area contributed by atoms with E-state index in [-0.39, 0.29) is 0 Å². The molecule has 0 atom stereocenters. The van der Waals surface area contributed by atoms with E-state index >= 15 is 0 Å². The minimum atomic E-state index is 0.673. The van der Waals surface area contributed by atoms with Gasteiger partial charge in [-0.2, -0.15) is 0 Å². The molecule has 0 aliphatic heterocycles. The monoisotopic (exact) mass is 191 g/mol. The standard InChI is InChI=1S/C5H9N3OS2/c1-9-3-2-6-4-7-8-5(10)11-4/h2-3H2,1H3,(H,6,7)(H,8,10). The maximum absolute atomic E-state index is 4.85. The van der Waals surface area contributed by atoms with Crippen molar-refractivity contribution in [3.05, 3.63) is 3.95 Å². The topological polar surface area (TPSA) is 49.9 Å². The van der Waals surface area contributed by atoms with Crippen molar-refractivity contribution in [1.29, 1.82) is 0 Å². The van der Waals surface area contributed by atoms with Crippen molar-refractivity contribution in [1.82, 2.24) is 10.2 Å². The predicted molar refractivity (Wildman–Crippen MR) is 47.7 cm³/mol. The Morgan fingerprint density at radius 2 is 2.64 bits per heavy atom. The number of nitrogens with zero attached hydrogens (tertiary/aromatic N) is 1. The van der Waals surface area contributed by atoms with Crippen molar-refractivity contribution in [3.8, 4) is 0 Å². The van der Waals surface area contributed by atoms with Crippen LogP contribution >= 0.6 is 23.6 Å². The average molecular weight is 191 g/mol. The number of rotatable bonds is 4. The van der Waals surface area contributed by atoms with Gasteiger partial charge < -0.3 is 10.1 Å². The lowest BCUT2D eigenvalue weighted by Gasteiger charge is -1.98. The first-order valence-corrected chi connectivity index (χ1v) is 4.33. The zero-order valence-electron chi connectivity index (χ0n) is 6.09. The van der Waals surface area contributed by atoms with Crippen LogP contribution in [0.3, 0.4) is 0 Å². The lowest BCUT2D eigenvalue weighted by Crippen LogP contribution is -2.06. The molecule has 6 heteroatoms. The van der Waals surface area contributed by atoms with Crippen LogP contribution in [0.25, 0.3) is 0 Å². The molecule has 2 N–H and O–H groups in total. The van der Waals surface area contributed by atoms with Crippen molar-refractivity contribution >= 4 is 28.7 Å². The van der Waals surface area contributed by atoms with Crippen LogP contribution < -0.4 is 5.32 Å². The third kappa shape index (κ3) is 2.96. The molecule has 0 radical (unpaired) electrons. The summed E-state index contributed by atoms with van der Waals surface area (Å²) in [4.78, 5) is 0. The van der Waals surface area contributed by atoms with Gasteiger partial charge in [0.1, 0.15) is 0 Å². The zero-order valence-corrected chi connectivity index (χ0v) is 7.72. The van der Waals surface area contributed by atoms with Crippen LogP contribution in [0.1, 0.15) is 0 Å². The minimum Gasteiger partial charge on any atom is -0.383 e. The van der Waals surface area contributed by atoms with Crippen molar-refractivity contribution in [2.75, 3.05) is 25.6 Å². The minimum absolute atomic E-state index is 0.673. The van der Waals surface area contributed by atoms with E-state index in [2.05, 4.69) is 15.5 Å². The van der Waals surface area contributed by atoms with E-state index in [9.17, 15) is 0 Å². The van der Waals surface area contributed by atoms with E-state index in [4.69, 9.17) is 17.0 Å². The summed E-state index contributed by atoms with van der Waals surface area (Å²) in [6.45, 7) is 1.43. The van der Waals surface area contributed by atoms with Crippen LogP contribution in [0.5, 0.6) is 0 Å². The van der Waals surface area contributed by atoms with Gasteiger partial charge in [0.2, 0.25) is 5.13 Å². The lowest BCUT2D eigenvalue weighted by atomic mass is 10.7. The molecule has 1 heterocycles. The predicted octanol–water partition coefficient (Wildman–Crippen LogP) is 1.26. The van der Waals surface area contributed by atoms with Gasteiger partial charge in [-0.15, -0.1) is 5.10 Å². The number of hydrogen-bond acceptors (Lipinski definition) is 5. The summed E-state index contributed by atoms with van der Waals surface area (Å²) in [5.74, 6) is 0. The highest BCUT2D eigenvalue weighted by Gasteiger charge is 1.93. The molecule has 11 heavy (non-hydrogen) atoms. The molecule has 1 rings (SSSR count). The summed E-state index contributed by atoms with van der Waals surface area (Å²) in [5.41, 5.74) is 0. The number of aromatic nitrogens is 2. The molecule has 1 aromatic heterocycles. The Bertz CT molecular complexity index is 256. The number of anilines is 1. The van der Waals surface area contributed by atoms with Crippen molar-refractivity contribution in [2.45, 2.75) is 0 Å². The lowest BCUT2D eigenvalue weighted by molar-refractivity contribution is 0.211. The molecule has 0 amide bonds. The smallest absolute Gasteiger partial charge is 0.204 e. The number of methoxy groups -OCH3 is 1. The molecule has 0 bridgehead atoms. The normalized spacial score (nSPS) is 9.91. The third-order valence-electron chi connectivity index (χ3n) is 1.02. The van der Waals surface area contributed by atoms with E-state index < -0.39 is 0 Å². The second kappa shape index (κ2) is 4.42. The summed E-state index contributed by atoms with van der Waals surface area (Å²) >= 11 is 6.26. The Morgan fingerprint density at radius 3 is 3.18 bits per heavy atom. The van der Waals surface area contributed by atoms with E-state index in [1.807, 2.05) is 0 Å². The van der Waals surface area contributed by atoms with Crippen LogP contribution in [0.15, 0.2) is 0 Å². The van der Waals surface area contributed by atoms with Crippen LogP contribution in [0.4, 0.5) is 5.13 Å². The molecule has 0 unspecified atom stereocenters. The Kier molecular flexibility index (Phi) is 3.47. The van der Waals surface area contributed by atoms with Crippen LogP contribution in [-0.4, -0.2) is 30.5 Å². The Morgan fingerprint density at radius 1 is 1.82 bits per heavy atom. The zero-order chi connectivity index (χ0) is 8.10. The first kappa shape index (κ1) is 8.63. The summed E-state index contributed by atoms with van der Waals surface area (Å²) in [6.07, 6.45) is 0. The second-order valence-corrected chi connectivity index (χ2v) is 3.50. The average Bonchev–Trinajstić information content (AvgIpc) is 2.37. The fraction of sp³-hybridized carbons (Fsp3) is 0.600. The molecule has 0 fully saturated rings. The summed E-state index contributed by atoms with van der Waals surface area (Å²) in [5, 5.41) is 10.4. The molecule has 62 valence electrons. The summed E-state index contributed by atoms with van der Waals surface area (Å²) in [6, 6.07) is 0. The van der Waals surface area contributed by atoms with E-state index in [1.54, 1.807) is 7.11 Å². The maximum atomic E-state index is 4.85. The number of ether oxygens (including phenoxy) is 1. The fourth-order valence-electron chi connectivity index (χ4n) is 0.566.